The topological polar surface area (TPSA) is 22.0 Å². The summed E-state index contributed by atoms with van der Waals surface area (Å²) in [6.07, 6.45) is 2.80. The van der Waals surface area contributed by atoms with E-state index in [0.29, 0.717) is 11.8 Å². The highest BCUT2D eigenvalue weighted by molar-refractivity contribution is 7.07. The number of thiazole rings is 1. The molecular formula is C8H12ClNOS. The molecule has 1 heterocycles. The van der Waals surface area contributed by atoms with Gasteiger partial charge in [0.1, 0.15) is 0 Å². The summed E-state index contributed by atoms with van der Waals surface area (Å²) in [6, 6.07) is 0. The Balaban J connectivity index is 2.43. The second-order valence-electron chi connectivity index (χ2n) is 2.91. The number of nitrogens with zero attached hydrogens (tertiary/aromatic N) is 1. The molecule has 0 spiro atoms. The van der Waals surface area contributed by atoms with Crippen LogP contribution in [0.25, 0.3) is 0 Å². The Labute approximate surface area is 80.8 Å². The van der Waals surface area contributed by atoms with Crippen LogP contribution in [-0.4, -0.2) is 10.4 Å². The molecular weight excluding hydrogens is 194 g/mol. The fraction of sp³-hybridized carbons (Fsp3) is 0.625. The molecule has 0 N–H and O–H groups in total. The van der Waals surface area contributed by atoms with Crippen molar-refractivity contribution in [2.45, 2.75) is 19.9 Å². The molecule has 0 aromatic carbocycles. The summed E-state index contributed by atoms with van der Waals surface area (Å²) in [5.41, 5.74) is 0. The third kappa shape index (κ3) is 2.64. The van der Waals surface area contributed by atoms with Crippen LogP contribution in [0.15, 0.2) is 16.4 Å². The highest BCUT2D eigenvalue weighted by Gasteiger charge is 2.01. The monoisotopic (exact) mass is 205 g/mol. The number of alkyl halides is 1. The Morgan fingerprint density at radius 1 is 1.75 bits per heavy atom. The average molecular weight is 206 g/mol. The van der Waals surface area contributed by atoms with Gasteiger partial charge in [0, 0.05) is 24.0 Å². The van der Waals surface area contributed by atoms with E-state index in [0.717, 1.165) is 13.0 Å². The van der Waals surface area contributed by atoms with Gasteiger partial charge in [0.15, 0.2) is 0 Å². The number of hydrogen-bond acceptors (Lipinski definition) is 2. The Kier molecular flexibility index (Phi) is 3.82. The highest BCUT2D eigenvalue weighted by Crippen LogP contribution is 2.05. The van der Waals surface area contributed by atoms with Crippen LogP contribution in [0.5, 0.6) is 0 Å². The third-order valence-corrected chi connectivity index (χ3v) is 2.99. The van der Waals surface area contributed by atoms with Crippen LogP contribution in [-0.2, 0) is 6.54 Å². The summed E-state index contributed by atoms with van der Waals surface area (Å²) >= 11 is 6.89. The van der Waals surface area contributed by atoms with Crippen LogP contribution in [0.3, 0.4) is 0 Å². The van der Waals surface area contributed by atoms with E-state index < -0.39 is 0 Å². The minimum atomic E-state index is 0.122. The van der Waals surface area contributed by atoms with Crippen molar-refractivity contribution in [1.29, 1.82) is 0 Å². The largest absolute Gasteiger partial charge is 0.307 e. The van der Waals surface area contributed by atoms with Gasteiger partial charge < -0.3 is 4.57 Å². The molecule has 1 aromatic heterocycles. The molecule has 1 atom stereocenters. The second kappa shape index (κ2) is 4.67. The molecule has 0 bridgehead atoms. The van der Waals surface area contributed by atoms with Gasteiger partial charge in [0.05, 0.1) is 0 Å². The van der Waals surface area contributed by atoms with E-state index in [2.05, 4.69) is 6.92 Å². The molecule has 68 valence electrons. The molecule has 0 fully saturated rings. The minimum absolute atomic E-state index is 0.122. The van der Waals surface area contributed by atoms with Gasteiger partial charge in [-0.1, -0.05) is 18.3 Å². The van der Waals surface area contributed by atoms with E-state index in [9.17, 15) is 4.79 Å². The molecule has 0 aliphatic heterocycles. The van der Waals surface area contributed by atoms with Gasteiger partial charge in [-0.15, -0.1) is 11.6 Å². The predicted octanol–water partition coefficient (Wildman–Crippen LogP) is 2.17. The van der Waals surface area contributed by atoms with Crippen molar-refractivity contribution < 1.29 is 0 Å². The lowest BCUT2D eigenvalue weighted by atomic mass is 10.1. The van der Waals surface area contributed by atoms with Crippen molar-refractivity contribution in [3.05, 3.63) is 21.2 Å². The van der Waals surface area contributed by atoms with E-state index in [1.165, 1.54) is 11.3 Å². The van der Waals surface area contributed by atoms with Gasteiger partial charge in [-0.2, -0.15) is 0 Å². The molecule has 0 saturated heterocycles. The number of hydrogen-bond donors (Lipinski definition) is 0. The lowest BCUT2D eigenvalue weighted by molar-refractivity contribution is 0.517. The molecule has 0 amide bonds. The summed E-state index contributed by atoms with van der Waals surface area (Å²) in [4.78, 5) is 11.2. The number of halogens is 1. The fourth-order valence-corrected chi connectivity index (χ4v) is 1.66. The molecule has 4 heteroatoms. The van der Waals surface area contributed by atoms with Crippen molar-refractivity contribution in [2.75, 3.05) is 5.88 Å². The maximum absolute atomic E-state index is 11.1. The van der Waals surface area contributed by atoms with Gasteiger partial charge in [-0.05, 0) is 12.3 Å². The molecule has 12 heavy (non-hydrogen) atoms. The zero-order valence-electron chi connectivity index (χ0n) is 7.00. The van der Waals surface area contributed by atoms with Gasteiger partial charge in [0.2, 0.25) is 0 Å². The normalized spacial score (nSPS) is 13.2. The number of aromatic nitrogens is 1. The SMILES string of the molecule is CC(CCl)CCn1ccsc1=O. The molecule has 0 radical (unpaired) electrons. The van der Waals surface area contributed by atoms with Gasteiger partial charge in [0.25, 0.3) is 0 Å². The Hall–Kier alpha value is -0.280. The molecule has 1 unspecified atom stereocenters. The Bertz CT molecular complexity index is 281. The molecule has 0 aliphatic rings. The Morgan fingerprint density at radius 3 is 3.00 bits per heavy atom. The average Bonchev–Trinajstić information content (AvgIpc) is 2.47. The van der Waals surface area contributed by atoms with Crippen molar-refractivity contribution in [3.8, 4) is 0 Å². The highest BCUT2D eigenvalue weighted by atomic mass is 35.5. The fourth-order valence-electron chi connectivity index (χ4n) is 0.893. The lowest BCUT2D eigenvalue weighted by Crippen LogP contribution is -2.14. The van der Waals surface area contributed by atoms with Crippen molar-refractivity contribution in [1.82, 2.24) is 4.57 Å². The summed E-state index contributed by atoms with van der Waals surface area (Å²) in [6.45, 7) is 2.88. The van der Waals surface area contributed by atoms with Crippen LogP contribution in [0.4, 0.5) is 0 Å². The van der Waals surface area contributed by atoms with Crippen LogP contribution < -0.4 is 4.87 Å². The van der Waals surface area contributed by atoms with Crippen molar-refractivity contribution >= 4 is 22.9 Å². The summed E-state index contributed by atoms with van der Waals surface area (Å²) in [7, 11) is 0. The quantitative estimate of drug-likeness (QED) is 0.691. The molecule has 2 nitrogen and oxygen atoms in total. The zero-order chi connectivity index (χ0) is 8.97. The van der Waals surface area contributed by atoms with Gasteiger partial charge in [-0.3, -0.25) is 4.79 Å². The summed E-state index contributed by atoms with van der Waals surface area (Å²) < 4.78 is 1.73. The number of rotatable bonds is 4. The van der Waals surface area contributed by atoms with Crippen LogP contribution in [0.1, 0.15) is 13.3 Å². The molecule has 1 rings (SSSR count). The first-order valence-electron chi connectivity index (χ1n) is 3.94. The van der Waals surface area contributed by atoms with Gasteiger partial charge in [-0.25, -0.2) is 0 Å². The first-order chi connectivity index (χ1) is 5.74. The lowest BCUT2D eigenvalue weighted by Gasteiger charge is -2.06. The first kappa shape index (κ1) is 9.81. The second-order valence-corrected chi connectivity index (χ2v) is 4.08. The third-order valence-electron chi connectivity index (χ3n) is 1.77. The van der Waals surface area contributed by atoms with Gasteiger partial charge >= 0.3 is 4.87 Å². The maximum Gasteiger partial charge on any atom is 0.307 e. The molecule has 0 aliphatic carbocycles. The zero-order valence-corrected chi connectivity index (χ0v) is 8.57. The summed E-state index contributed by atoms with van der Waals surface area (Å²) in [5, 5.41) is 1.81. The predicted molar refractivity (Wildman–Crippen MR) is 53.1 cm³/mol. The van der Waals surface area contributed by atoms with Crippen molar-refractivity contribution in [2.24, 2.45) is 5.92 Å². The van der Waals surface area contributed by atoms with Crippen molar-refractivity contribution in [3.63, 3.8) is 0 Å². The van der Waals surface area contributed by atoms with Crippen LogP contribution >= 0.6 is 22.9 Å². The van der Waals surface area contributed by atoms with E-state index in [1.54, 1.807) is 4.57 Å². The smallest absolute Gasteiger partial charge is 0.306 e. The number of aryl methyl sites for hydroxylation is 1. The molecule has 1 aromatic rings. The summed E-state index contributed by atoms with van der Waals surface area (Å²) in [5.74, 6) is 1.15. The van der Waals surface area contributed by atoms with Crippen LogP contribution in [0.2, 0.25) is 0 Å². The van der Waals surface area contributed by atoms with E-state index in [1.807, 2.05) is 11.6 Å². The van der Waals surface area contributed by atoms with E-state index in [-0.39, 0.29) is 4.87 Å². The van der Waals surface area contributed by atoms with Crippen LogP contribution in [0, 0.1) is 5.92 Å². The minimum Gasteiger partial charge on any atom is -0.306 e. The first-order valence-corrected chi connectivity index (χ1v) is 5.35. The van der Waals surface area contributed by atoms with E-state index in [4.69, 9.17) is 11.6 Å². The Morgan fingerprint density at radius 2 is 2.50 bits per heavy atom. The maximum atomic E-state index is 11.1. The molecule has 0 saturated carbocycles. The standard InChI is InChI=1S/C8H12ClNOS/c1-7(6-9)2-3-10-4-5-12-8(10)11/h4-5,7H,2-3,6H2,1H3. The van der Waals surface area contributed by atoms with E-state index >= 15 is 0 Å².